The highest BCUT2D eigenvalue weighted by molar-refractivity contribution is 6.31. The summed E-state index contributed by atoms with van der Waals surface area (Å²) < 4.78 is 1.43. The Kier molecular flexibility index (Phi) is 6.20. The Labute approximate surface area is 206 Å². The molecule has 4 aromatic carbocycles. The SMILES string of the molecule is O=C(c1ccccc1)c1cc(Cl)ccc1N=Nc1c(-c2ccccc2)[nH]n(-c2ccccc2)c1=O. The van der Waals surface area contributed by atoms with Crippen LogP contribution in [0.4, 0.5) is 11.4 Å². The van der Waals surface area contributed by atoms with E-state index in [1.54, 1.807) is 42.5 Å². The Morgan fingerprint density at radius 1 is 0.771 bits per heavy atom. The van der Waals surface area contributed by atoms with Crippen molar-refractivity contribution in [1.29, 1.82) is 0 Å². The first-order valence-corrected chi connectivity index (χ1v) is 11.3. The second-order valence-corrected chi connectivity index (χ2v) is 8.17. The van der Waals surface area contributed by atoms with Crippen LogP contribution in [0.2, 0.25) is 5.02 Å². The first-order chi connectivity index (χ1) is 17.1. The van der Waals surface area contributed by atoms with Gasteiger partial charge in [0, 0.05) is 16.1 Å². The predicted octanol–water partition coefficient (Wildman–Crippen LogP) is 7.13. The zero-order valence-electron chi connectivity index (χ0n) is 18.4. The van der Waals surface area contributed by atoms with Gasteiger partial charge in [0.25, 0.3) is 5.56 Å². The molecule has 0 atom stereocenters. The number of halogens is 1. The highest BCUT2D eigenvalue weighted by Gasteiger charge is 2.18. The molecule has 5 rings (SSSR count). The van der Waals surface area contributed by atoms with Crippen LogP contribution in [0.25, 0.3) is 16.9 Å². The minimum atomic E-state index is -0.358. The number of hydrogen-bond acceptors (Lipinski definition) is 4. The normalized spacial score (nSPS) is 11.1. The molecule has 0 saturated carbocycles. The number of rotatable bonds is 6. The highest BCUT2D eigenvalue weighted by Crippen LogP contribution is 2.31. The van der Waals surface area contributed by atoms with Gasteiger partial charge in [-0.05, 0) is 30.3 Å². The fraction of sp³-hybridized carbons (Fsp3) is 0. The van der Waals surface area contributed by atoms with Gasteiger partial charge in [-0.2, -0.15) is 0 Å². The van der Waals surface area contributed by atoms with Gasteiger partial charge in [0.15, 0.2) is 11.5 Å². The summed E-state index contributed by atoms with van der Waals surface area (Å²) in [6, 6.07) is 32.3. The molecule has 0 aliphatic rings. The minimum Gasteiger partial charge on any atom is -0.289 e. The number of nitrogens with one attached hydrogen (secondary N) is 1. The first-order valence-electron chi connectivity index (χ1n) is 10.9. The number of aromatic amines is 1. The third-order valence-corrected chi connectivity index (χ3v) is 5.67. The molecule has 5 aromatic rings. The van der Waals surface area contributed by atoms with Crippen LogP contribution in [-0.4, -0.2) is 15.6 Å². The number of azo groups is 1. The second-order valence-electron chi connectivity index (χ2n) is 7.73. The summed E-state index contributed by atoms with van der Waals surface area (Å²) in [7, 11) is 0. The van der Waals surface area contributed by atoms with Crippen molar-refractivity contribution in [3.05, 3.63) is 136 Å². The summed E-state index contributed by atoms with van der Waals surface area (Å²) in [6.45, 7) is 0. The van der Waals surface area contributed by atoms with E-state index < -0.39 is 0 Å². The van der Waals surface area contributed by atoms with Crippen LogP contribution in [-0.2, 0) is 0 Å². The first kappa shape index (κ1) is 22.3. The molecular weight excluding hydrogens is 460 g/mol. The number of nitrogens with zero attached hydrogens (tertiary/aromatic N) is 3. The molecule has 1 aromatic heterocycles. The maximum absolute atomic E-state index is 13.4. The standard InChI is InChI=1S/C28H19ClN4O2/c29-21-16-17-24(23(18-21)27(34)20-12-6-2-7-13-20)30-31-26-25(19-10-4-1-5-11-19)32-33(28(26)35)22-14-8-3-9-15-22/h1-18,32H. The number of ketones is 1. The average Bonchev–Trinajstić information content (AvgIpc) is 3.25. The Balaban J connectivity index is 1.63. The molecular formula is C28H19ClN4O2. The number of carbonyl (C=O) groups is 1. The van der Waals surface area contributed by atoms with E-state index in [2.05, 4.69) is 15.3 Å². The van der Waals surface area contributed by atoms with E-state index in [-0.39, 0.29) is 17.0 Å². The average molecular weight is 479 g/mol. The van der Waals surface area contributed by atoms with Crippen molar-refractivity contribution in [1.82, 2.24) is 9.78 Å². The lowest BCUT2D eigenvalue weighted by molar-refractivity contribution is 0.103. The van der Waals surface area contributed by atoms with Crippen molar-refractivity contribution in [2.75, 3.05) is 0 Å². The molecule has 0 aliphatic heterocycles. The van der Waals surface area contributed by atoms with Gasteiger partial charge in [-0.1, -0.05) is 90.5 Å². The van der Waals surface area contributed by atoms with E-state index in [1.165, 1.54) is 4.68 Å². The predicted molar refractivity (Wildman–Crippen MR) is 137 cm³/mol. The molecule has 0 bridgehead atoms. The summed E-state index contributed by atoms with van der Waals surface area (Å²) in [5.74, 6) is -0.235. The molecule has 1 heterocycles. The lowest BCUT2D eigenvalue weighted by Gasteiger charge is -2.05. The van der Waals surface area contributed by atoms with Crippen molar-refractivity contribution < 1.29 is 4.79 Å². The van der Waals surface area contributed by atoms with Gasteiger partial charge in [-0.25, -0.2) is 4.68 Å². The lowest BCUT2D eigenvalue weighted by atomic mass is 10.0. The van der Waals surface area contributed by atoms with Gasteiger partial charge >= 0.3 is 0 Å². The van der Waals surface area contributed by atoms with Gasteiger partial charge in [0.1, 0.15) is 0 Å². The number of para-hydroxylation sites is 1. The van der Waals surface area contributed by atoms with E-state index in [0.29, 0.717) is 33.2 Å². The number of hydrogen-bond donors (Lipinski definition) is 1. The summed E-state index contributed by atoms with van der Waals surface area (Å²) in [4.78, 5) is 26.5. The molecule has 7 heteroatoms. The Morgan fingerprint density at radius 3 is 2.09 bits per heavy atom. The van der Waals surface area contributed by atoms with Crippen LogP contribution in [0.3, 0.4) is 0 Å². The fourth-order valence-corrected chi connectivity index (χ4v) is 3.88. The molecule has 0 aliphatic carbocycles. The zero-order valence-corrected chi connectivity index (χ0v) is 19.2. The number of aromatic nitrogens is 2. The van der Waals surface area contributed by atoms with Gasteiger partial charge in [-0.15, -0.1) is 10.2 Å². The third-order valence-electron chi connectivity index (χ3n) is 5.44. The van der Waals surface area contributed by atoms with E-state index in [9.17, 15) is 9.59 Å². The molecule has 0 radical (unpaired) electrons. The van der Waals surface area contributed by atoms with E-state index in [0.717, 1.165) is 5.56 Å². The molecule has 0 saturated heterocycles. The van der Waals surface area contributed by atoms with Crippen LogP contribution in [0.15, 0.2) is 124 Å². The Bertz CT molecular complexity index is 1570. The van der Waals surface area contributed by atoms with Crippen molar-refractivity contribution in [3.63, 3.8) is 0 Å². The molecule has 0 spiro atoms. The van der Waals surface area contributed by atoms with Crippen molar-refractivity contribution in [3.8, 4) is 16.9 Å². The molecule has 6 nitrogen and oxygen atoms in total. The van der Waals surface area contributed by atoms with Crippen molar-refractivity contribution >= 4 is 28.8 Å². The Hall–Kier alpha value is -4.55. The molecule has 0 unspecified atom stereocenters. The number of H-pyrrole nitrogens is 1. The van der Waals surface area contributed by atoms with Crippen LogP contribution in [0.1, 0.15) is 15.9 Å². The molecule has 0 fully saturated rings. The molecule has 170 valence electrons. The number of carbonyl (C=O) groups excluding carboxylic acids is 1. The van der Waals surface area contributed by atoms with E-state index >= 15 is 0 Å². The van der Waals surface area contributed by atoms with Gasteiger partial charge in [0.05, 0.1) is 22.6 Å². The molecule has 0 amide bonds. The largest absolute Gasteiger partial charge is 0.299 e. The van der Waals surface area contributed by atoms with Crippen molar-refractivity contribution in [2.24, 2.45) is 10.2 Å². The Morgan fingerprint density at radius 2 is 1.40 bits per heavy atom. The third kappa shape index (κ3) is 4.60. The fourth-order valence-electron chi connectivity index (χ4n) is 3.71. The highest BCUT2D eigenvalue weighted by atomic mass is 35.5. The molecule has 1 N–H and O–H groups in total. The summed E-state index contributed by atoms with van der Waals surface area (Å²) in [5, 5.41) is 12.2. The zero-order chi connectivity index (χ0) is 24.2. The number of benzene rings is 4. The summed E-state index contributed by atoms with van der Waals surface area (Å²) in [6.07, 6.45) is 0. The summed E-state index contributed by atoms with van der Waals surface area (Å²) >= 11 is 6.18. The maximum atomic E-state index is 13.4. The monoisotopic (exact) mass is 478 g/mol. The quantitative estimate of drug-likeness (QED) is 0.208. The summed E-state index contributed by atoms with van der Waals surface area (Å²) in [5.41, 5.74) is 2.86. The van der Waals surface area contributed by atoms with Gasteiger partial charge in [-0.3, -0.25) is 14.7 Å². The lowest BCUT2D eigenvalue weighted by Crippen LogP contribution is -2.13. The van der Waals surface area contributed by atoms with Crippen molar-refractivity contribution in [2.45, 2.75) is 0 Å². The van der Waals surface area contributed by atoms with Crippen LogP contribution < -0.4 is 5.56 Å². The minimum absolute atomic E-state index is 0.133. The van der Waals surface area contributed by atoms with Crippen LogP contribution >= 0.6 is 11.6 Å². The topological polar surface area (TPSA) is 79.6 Å². The van der Waals surface area contributed by atoms with Crippen LogP contribution in [0, 0.1) is 0 Å². The van der Waals surface area contributed by atoms with Gasteiger partial charge in [0.2, 0.25) is 0 Å². The van der Waals surface area contributed by atoms with E-state index in [4.69, 9.17) is 11.6 Å². The van der Waals surface area contributed by atoms with Gasteiger partial charge < -0.3 is 0 Å². The second kappa shape index (κ2) is 9.75. The molecule has 35 heavy (non-hydrogen) atoms. The van der Waals surface area contributed by atoms with E-state index in [1.807, 2.05) is 66.7 Å². The van der Waals surface area contributed by atoms with Crippen LogP contribution in [0.5, 0.6) is 0 Å². The smallest absolute Gasteiger partial charge is 0.289 e. The maximum Gasteiger partial charge on any atom is 0.299 e.